The fourth-order valence-electron chi connectivity index (χ4n) is 8.27. The van der Waals surface area contributed by atoms with Crippen molar-refractivity contribution in [2.45, 2.75) is 58.3 Å². The van der Waals surface area contributed by atoms with Gasteiger partial charge in [-0.2, -0.15) is 0 Å². The number of hydrogen-bond donors (Lipinski definition) is 2. The van der Waals surface area contributed by atoms with E-state index >= 15 is 0 Å². The molecule has 7 heterocycles. The van der Waals surface area contributed by atoms with Crippen molar-refractivity contribution in [3.05, 3.63) is 121 Å². The van der Waals surface area contributed by atoms with Gasteiger partial charge in [0.2, 0.25) is 5.91 Å². The maximum absolute atomic E-state index is 13.4. The minimum absolute atomic E-state index is 0.0931. The van der Waals surface area contributed by atoms with E-state index in [0.29, 0.717) is 35.2 Å². The lowest BCUT2D eigenvalue weighted by Gasteiger charge is -2.40. The highest BCUT2D eigenvalue weighted by Crippen LogP contribution is 2.39. The molecule has 57 heavy (non-hydrogen) atoms. The smallest absolute Gasteiger partial charge is 0.255 e. The molecule has 12 nitrogen and oxygen atoms in total. The quantitative estimate of drug-likeness (QED) is 0.152. The number of aliphatic imine (C=N–C) groups is 1. The van der Waals surface area contributed by atoms with Gasteiger partial charge in [0.15, 0.2) is 5.82 Å². The van der Waals surface area contributed by atoms with Gasteiger partial charge in [-0.15, -0.1) is 21.5 Å². The number of thiophene rings is 1. The predicted octanol–water partition coefficient (Wildman–Crippen LogP) is 5.65. The first-order chi connectivity index (χ1) is 27.6. The maximum atomic E-state index is 13.4. The summed E-state index contributed by atoms with van der Waals surface area (Å²) in [5.41, 5.74) is 7.20. The third-order valence-electron chi connectivity index (χ3n) is 11.5. The number of nitrogens with zero attached hydrogens (tertiary/aromatic N) is 7. The van der Waals surface area contributed by atoms with Crippen LogP contribution in [0.5, 0.6) is 0 Å². The molecule has 9 rings (SSSR count). The summed E-state index contributed by atoms with van der Waals surface area (Å²) in [6, 6.07) is 17.4. The molecule has 5 aromatic rings. The number of likely N-dealkylation sites (tertiary alicyclic amines) is 1. The third-order valence-corrected chi connectivity index (χ3v) is 12.9. The summed E-state index contributed by atoms with van der Waals surface area (Å²) in [6.07, 6.45) is 3.29. The standard InChI is InChI=1S/C43H40ClN9O3S/c1-25-36(57-42-38(25)39(30-8-10-31(44)11-9-30)48-26(2)40-50-49-27(3)53(40)42)14-13-32-12-7-28(17-45-32)19-51-20-29(21-51)18-46-35-6-4-5-33-34(35)22-52(41(33)56)43(24-54)16-15-37(55)47-23-43/h4-12,17,24,26,29,46H,15-16,18-23H2,1-3H3,(H,47,55)/t26-,43?/m0/s1. The first-order valence-corrected chi connectivity index (χ1v) is 20.3. The lowest BCUT2D eigenvalue weighted by atomic mass is 9.89. The Morgan fingerprint density at radius 3 is 2.63 bits per heavy atom. The predicted molar refractivity (Wildman–Crippen MR) is 219 cm³/mol. The van der Waals surface area contributed by atoms with Gasteiger partial charge >= 0.3 is 0 Å². The molecule has 2 fully saturated rings. The molecule has 2 amide bonds. The topological polar surface area (TPSA) is 138 Å². The van der Waals surface area contributed by atoms with Gasteiger partial charge in [0.25, 0.3) is 5.91 Å². The second-order valence-corrected chi connectivity index (χ2v) is 16.7. The van der Waals surface area contributed by atoms with E-state index in [0.717, 1.165) is 93.2 Å². The number of nitrogens with one attached hydrogen (secondary N) is 2. The zero-order chi connectivity index (χ0) is 39.4. The van der Waals surface area contributed by atoms with Crippen molar-refractivity contribution in [2.24, 2.45) is 10.9 Å². The average Bonchev–Trinajstić information content (AvgIpc) is 3.84. The highest BCUT2D eigenvalue weighted by molar-refractivity contribution is 7.15. The lowest BCUT2D eigenvalue weighted by molar-refractivity contribution is -0.128. The number of aryl methyl sites for hydroxylation is 1. The van der Waals surface area contributed by atoms with Crippen molar-refractivity contribution in [3.8, 4) is 16.8 Å². The van der Waals surface area contributed by atoms with Crippen molar-refractivity contribution in [3.63, 3.8) is 0 Å². The third kappa shape index (κ3) is 6.71. The van der Waals surface area contributed by atoms with E-state index < -0.39 is 5.54 Å². The first-order valence-electron chi connectivity index (χ1n) is 19.1. The number of carbonyl (C=O) groups is 3. The minimum Gasteiger partial charge on any atom is -0.384 e. The molecule has 2 N–H and O–H groups in total. The molecule has 1 unspecified atom stereocenters. The number of aldehydes is 1. The number of carbonyl (C=O) groups excluding carboxylic acids is 3. The lowest BCUT2D eigenvalue weighted by Crippen LogP contribution is -2.60. The van der Waals surface area contributed by atoms with E-state index in [1.54, 1.807) is 16.2 Å². The number of fused-ring (bicyclic) bond motifs is 4. The molecule has 0 spiro atoms. The molecule has 14 heteroatoms. The summed E-state index contributed by atoms with van der Waals surface area (Å²) < 4.78 is 2.11. The van der Waals surface area contributed by atoms with Crippen LogP contribution in [-0.2, 0) is 22.7 Å². The van der Waals surface area contributed by atoms with Crippen LogP contribution in [0.1, 0.15) is 86.2 Å². The van der Waals surface area contributed by atoms with Crippen LogP contribution < -0.4 is 10.6 Å². The fourth-order valence-corrected chi connectivity index (χ4v) is 9.61. The van der Waals surface area contributed by atoms with Crippen LogP contribution in [0.3, 0.4) is 0 Å². The van der Waals surface area contributed by atoms with E-state index in [2.05, 4.69) is 55.1 Å². The Hall–Kier alpha value is -5.68. The van der Waals surface area contributed by atoms with Crippen LogP contribution in [0.15, 0.2) is 65.8 Å². The van der Waals surface area contributed by atoms with Gasteiger partial charge in [-0.1, -0.05) is 35.9 Å². The normalized spacial score (nSPS) is 20.3. The summed E-state index contributed by atoms with van der Waals surface area (Å²) in [6.45, 7) is 10.0. The Balaban J connectivity index is 0.834. The van der Waals surface area contributed by atoms with Gasteiger partial charge in [0.1, 0.15) is 34.4 Å². The Morgan fingerprint density at radius 1 is 1.07 bits per heavy atom. The highest BCUT2D eigenvalue weighted by atomic mass is 35.5. The van der Waals surface area contributed by atoms with Crippen LogP contribution in [0.2, 0.25) is 5.02 Å². The number of aromatic nitrogens is 4. The molecule has 2 aromatic carbocycles. The van der Waals surface area contributed by atoms with Crippen molar-refractivity contribution in [1.82, 2.24) is 34.9 Å². The van der Waals surface area contributed by atoms with Crippen molar-refractivity contribution < 1.29 is 14.4 Å². The van der Waals surface area contributed by atoms with Crippen molar-refractivity contribution in [2.75, 3.05) is 31.5 Å². The van der Waals surface area contributed by atoms with Gasteiger partial charge in [-0.05, 0) is 80.5 Å². The van der Waals surface area contributed by atoms with Crippen LogP contribution in [0, 0.1) is 31.6 Å². The van der Waals surface area contributed by atoms with Gasteiger partial charge < -0.3 is 20.3 Å². The molecule has 2 atom stereocenters. The molecule has 288 valence electrons. The molecule has 3 aromatic heterocycles. The molecule has 0 saturated carbocycles. The zero-order valence-corrected chi connectivity index (χ0v) is 33.4. The number of hydrogen-bond acceptors (Lipinski definition) is 10. The van der Waals surface area contributed by atoms with Gasteiger partial charge in [0.05, 0.1) is 10.6 Å². The summed E-state index contributed by atoms with van der Waals surface area (Å²) in [7, 11) is 0. The van der Waals surface area contributed by atoms with Crippen LogP contribution in [0.25, 0.3) is 5.00 Å². The average molecular weight is 798 g/mol. The van der Waals surface area contributed by atoms with Crippen molar-refractivity contribution in [1.29, 1.82) is 0 Å². The zero-order valence-electron chi connectivity index (χ0n) is 31.8. The molecular formula is C43H40ClN9O3S. The molecule has 4 aliphatic heterocycles. The largest absolute Gasteiger partial charge is 0.384 e. The summed E-state index contributed by atoms with van der Waals surface area (Å²) in [5, 5.41) is 16.9. The van der Waals surface area contributed by atoms with E-state index in [1.165, 1.54) is 0 Å². The summed E-state index contributed by atoms with van der Waals surface area (Å²) in [5.74, 6) is 8.51. The number of pyridine rings is 1. The molecule has 0 bridgehead atoms. The van der Waals surface area contributed by atoms with Gasteiger partial charge in [-0.3, -0.25) is 24.0 Å². The van der Waals surface area contributed by atoms with E-state index in [1.807, 2.05) is 68.6 Å². The second kappa shape index (κ2) is 14.7. The number of benzene rings is 2. The Morgan fingerprint density at radius 2 is 1.89 bits per heavy atom. The molecule has 4 aliphatic rings. The number of rotatable bonds is 8. The highest BCUT2D eigenvalue weighted by Gasteiger charge is 2.46. The van der Waals surface area contributed by atoms with Crippen LogP contribution in [-0.4, -0.2) is 85.1 Å². The molecule has 0 aliphatic carbocycles. The minimum atomic E-state index is -1.01. The Kier molecular flexibility index (Phi) is 9.51. The molecular weight excluding hydrogens is 758 g/mol. The summed E-state index contributed by atoms with van der Waals surface area (Å²) in [4.78, 5) is 52.2. The fraction of sp³-hybridized carbons (Fsp3) is 0.326. The van der Waals surface area contributed by atoms with E-state index in [4.69, 9.17) is 21.6 Å². The number of anilines is 1. The number of amides is 2. The first kappa shape index (κ1) is 36.9. The number of halogens is 1. The van der Waals surface area contributed by atoms with Gasteiger partial charge in [0, 0.05) is 90.8 Å². The second-order valence-electron chi connectivity index (χ2n) is 15.3. The Bertz CT molecular complexity index is 2520. The van der Waals surface area contributed by atoms with Crippen LogP contribution in [0.4, 0.5) is 5.69 Å². The SMILES string of the molecule is Cc1c(C#Cc2ccc(CN3CC(CNc4cccc5c4CN(C4(C=O)CCC(=O)NC4)C5=O)C3)cn2)sc2c1C(c1ccc(Cl)cc1)=N[C@@H](C)c1nnc(C)n1-2. The van der Waals surface area contributed by atoms with Gasteiger partial charge in [-0.25, -0.2) is 4.98 Å². The molecule has 2 saturated heterocycles. The van der Waals surface area contributed by atoms with E-state index in [9.17, 15) is 14.4 Å². The maximum Gasteiger partial charge on any atom is 0.255 e. The van der Waals surface area contributed by atoms with Crippen molar-refractivity contribution >= 4 is 52.4 Å². The number of piperidine rings is 1. The van der Waals surface area contributed by atoms with Crippen LogP contribution >= 0.6 is 22.9 Å². The summed E-state index contributed by atoms with van der Waals surface area (Å²) >= 11 is 7.86. The molecule has 0 radical (unpaired) electrons. The van der Waals surface area contributed by atoms with E-state index in [-0.39, 0.29) is 30.8 Å². The monoisotopic (exact) mass is 797 g/mol. The Labute approximate surface area is 339 Å².